The van der Waals surface area contributed by atoms with Crippen molar-refractivity contribution in [2.24, 2.45) is 0 Å². The Morgan fingerprint density at radius 3 is 2.57 bits per heavy atom. The van der Waals surface area contributed by atoms with Crippen LogP contribution in [0.2, 0.25) is 0 Å². The van der Waals surface area contributed by atoms with Crippen LogP contribution in [0.4, 0.5) is 11.4 Å². The van der Waals surface area contributed by atoms with E-state index in [9.17, 15) is 10.1 Å². The molecule has 2 aromatic rings. The molecule has 0 saturated heterocycles. The zero-order chi connectivity index (χ0) is 15.2. The van der Waals surface area contributed by atoms with E-state index in [1.807, 2.05) is 25.1 Å². The third-order valence-corrected chi connectivity index (χ3v) is 3.54. The molecule has 0 fully saturated rings. The standard InChI is InChI=1S/C17H20N2O2/c1-13-8-11-16(19(20)21)12-17(13)18-14(2)9-10-15-6-4-3-5-7-15/h3-8,11-12,14,18H,9-10H2,1-2H3. The normalized spacial score (nSPS) is 11.9. The van der Waals surface area contributed by atoms with Gasteiger partial charge in [0.2, 0.25) is 0 Å². The average molecular weight is 284 g/mol. The molecular formula is C17H20N2O2. The lowest BCUT2D eigenvalue weighted by Crippen LogP contribution is -2.16. The van der Waals surface area contributed by atoms with Crippen LogP contribution in [0, 0.1) is 17.0 Å². The number of non-ortho nitro benzene ring substituents is 1. The Balaban J connectivity index is 1.97. The zero-order valence-electron chi connectivity index (χ0n) is 12.4. The highest BCUT2D eigenvalue weighted by Gasteiger charge is 2.10. The first-order valence-corrected chi connectivity index (χ1v) is 7.12. The van der Waals surface area contributed by atoms with Gasteiger partial charge in [-0.15, -0.1) is 0 Å². The van der Waals surface area contributed by atoms with Crippen LogP contribution in [0.25, 0.3) is 0 Å². The number of rotatable bonds is 6. The van der Waals surface area contributed by atoms with E-state index in [2.05, 4.69) is 24.4 Å². The summed E-state index contributed by atoms with van der Waals surface area (Å²) >= 11 is 0. The number of nitrogens with one attached hydrogen (secondary N) is 1. The van der Waals surface area contributed by atoms with Gasteiger partial charge in [-0.2, -0.15) is 0 Å². The molecule has 0 heterocycles. The molecule has 0 saturated carbocycles. The lowest BCUT2D eigenvalue weighted by atomic mass is 10.1. The fourth-order valence-corrected chi connectivity index (χ4v) is 2.24. The van der Waals surface area contributed by atoms with Crippen LogP contribution in [0.1, 0.15) is 24.5 Å². The average Bonchev–Trinajstić information content (AvgIpc) is 2.48. The number of hydrogen-bond acceptors (Lipinski definition) is 3. The Bertz CT molecular complexity index is 611. The monoisotopic (exact) mass is 284 g/mol. The summed E-state index contributed by atoms with van der Waals surface area (Å²) in [6.07, 6.45) is 1.97. The minimum Gasteiger partial charge on any atom is -0.382 e. The molecule has 0 amide bonds. The molecule has 21 heavy (non-hydrogen) atoms. The first-order valence-electron chi connectivity index (χ1n) is 7.12. The molecule has 2 rings (SSSR count). The van der Waals surface area contributed by atoms with Gasteiger partial charge in [0.05, 0.1) is 4.92 Å². The van der Waals surface area contributed by atoms with E-state index in [1.165, 1.54) is 11.6 Å². The maximum Gasteiger partial charge on any atom is 0.271 e. The van der Waals surface area contributed by atoms with Gasteiger partial charge >= 0.3 is 0 Å². The van der Waals surface area contributed by atoms with Gasteiger partial charge in [0.25, 0.3) is 5.69 Å². The van der Waals surface area contributed by atoms with Gasteiger partial charge in [-0.05, 0) is 37.8 Å². The summed E-state index contributed by atoms with van der Waals surface area (Å²) in [5.74, 6) is 0. The van der Waals surface area contributed by atoms with Crippen molar-refractivity contribution in [2.75, 3.05) is 5.32 Å². The number of nitro benzene ring substituents is 1. The molecule has 4 nitrogen and oxygen atoms in total. The van der Waals surface area contributed by atoms with Gasteiger partial charge < -0.3 is 5.32 Å². The van der Waals surface area contributed by atoms with Crippen LogP contribution in [0.15, 0.2) is 48.5 Å². The molecule has 4 heteroatoms. The number of aryl methyl sites for hydroxylation is 2. The number of nitro groups is 1. The topological polar surface area (TPSA) is 55.2 Å². The largest absolute Gasteiger partial charge is 0.382 e. The molecule has 0 aromatic heterocycles. The molecule has 0 radical (unpaired) electrons. The Hall–Kier alpha value is -2.36. The number of anilines is 1. The van der Waals surface area contributed by atoms with Crippen molar-refractivity contribution in [1.29, 1.82) is 0 Å². The van der Waals surface area contributed by atoms with Crippen LogP contribution in [-0.4, -0.2) is 11.0 Å². The fourth-order valence-electron chi connectivity index (χ4n) is 2.24. The maximum absolute atomic E-state index is 10.8. The minimum atomic E-state index is -0.362. The Morgan fingerprint density at radius 1 is 1.19 bits per heavy atom. The van der Waals surface area contributed by atoms with Crippen LogP contribution in [0.5, 0.6) is 0 Å². The van der Waals surface area contributed by atoms with Crippen LogP contribution in [-0.2, 0) is 6.42 Å². The fraction of sp³-hybridized carbons (Fsp3) is 0.294. The summed E-state index contributed by atoms with van der Waals surface area (Å²) in [6.45, 7) is 4.05. The zero-order valence-corrected chi connectivity index (χ0v) is 12.4. The predicted molar refractivity (Wildman–Crippen MR) is 85.7 cm³/mol. The second-order valence-electron chi connectivity index (χ2n) is 5.33. The lowest BCUT2D eigenvalue weighted by Gasteiger charge is -2.17. The third-order valence-electron chi connectivity index (χ3n) is 3.54. The highest BCUT2D eigenvalue weighted by molar-refractivity contribution is 5.57. The summed E-state index contributed by atoms with van der Waals surface area (Å²) in [4.78, 5) is 10.5. The van der Waals surface area contributed by atoms with Gasteiger partial charge in [-0.1, -0.05) is 36.4 Å². The SMILES string of the molecule is Cc1ccc([N+](=O)[O-])cc1NC(C)CCc1ccccc1. The van der Waals surface area contributed by atoms with Crippen molar-refractivity contribution in [3.05, 3.63) is 69.8 Å². The highest BCUT2D eigenvalue weighted by atomic mass is 16.6. The van der Waals surface area contributed by atoms with E-state index in [4.69, 9.17) is 0 Å². The second-order valence-corrected chi connectivity index (χ2v) is 5.33. The maximum atomic E-state index is 10.8. The number of nitrogens with zero attached hydrogens (tertiary/aromatic N) is 1. The van der Waals surface area contributed by atoms with E-state index in [0.29, 0.717) is 0 Å². The first kappa shape index (κ1) is 15.0. The third kappa shape index (κ3) is 4.31. The quantitative estimate of drug-likeness (QED) is 0.634. The molecule has 0 aliphatic heterocycles. The van der Waals surface area contributed by atoms with Crippen molar-refractivity contribution < 1.29 is 4.92 Å². The Labute approximate surface area is 125 Å². The van der Waals surface area contributed by atoms with Crippen molar-refractivity contribution in [2.45, 2.75) is 32.7 Å². The minimum absolute atomic E-state index is 0.123. The van der Waals surface area contributed by atoms with Gasteiger partial charge in [-0.3, -0.25) is 10.1 Å². The number of hydrogen-bond donors (Lipinski definition) is 1. The van der Waals surface area contributed by atoms with Gasteiger partial charge in [0.15, 0.2) is 0 Å². The van der Waals surface area contributed by atoms with Gasteiger partial charge in [-0.25, -0.2) is 0 Å². The smallest absolute Gasteiger partial charge is 0.271 e. The van der Waals surface area contributed by atoms with E-state index >= 15 is 0 Å². The second kappa shape index (κ2) is 6.88. The lowest BCUT2D eigenvalue weighted by molar-refractivity contribution is -0.384. The molecule has 1 unspecified atom stereocenters. The van der Waals surface area contributed by atoms with Crippen molar-refractivity contribution in [3.63, 3.8) is 0 Å². The molecule has 0 aliphatic carbocycles. The van der Waals surface area contributed by atoms with Gasteiger partial charge in [0.1, 0.15) is 0 Å². The molecule has 0 aliphatic rings. The Kier molecular flexibility index (Phi) is 4.93. The van der Waals surface area contributed by atoms with Crippen molar-refractivity contribution in [3.8, 4) is 0 Å². The summed E-state index contributed by atoms with van der Waals surface area (Å²) in [7, 11) is 0. The van der Waals surface area contributed by atoms with E-state index in [0.717, 1.165) is 24.1 Å². The van der Waals surface area contributed by atoms with E-state index < -0.39 is 0 Å². The molecule has 1 N–H and O–H groups in total. The predicted octanol–water partition coefficient (Wildman–Crippen LogP) is 4.34. The molecule has 2 aromatic carbocycles. The number of benzene rings is 2. The molecule has 0 spiro atoms. The summed E-state index contributed by atoms with van der Waals surface area (Å²) < 4.78 is 0. The van der Waals surface area contributed by atoms with Crippen molar-refractivity contribution >= 4 is 11.4 Å². The Morgan fingerprint density at radius 2 is 1.90 bits per heavy atom. The van der Waals surface area contributed by atoms with Crippen molar-refractivity contribution in [1.82, 2.24) is 0 Å². The molecular weight excluding hydrogens is 264 g/mol. The first-order chi connectivity index (χ1) is 10.1. The molecule has 1 atom stereocenters. The molecule has 0 bridgehead atoms. The van der Waals surface area contributed by atoms with E-state index in [1.54, 1.807) is 12.1 Å². The summed E-state index contributed by atoms with van der Waals surface area (Å²) in [6, 6.07) is 15.5. The van der Waals surface area contributed by atoms with Crippen LogP contribution in [0.3, 0.4) is 0 Å². The highest BCUT2D eigenvalue weighted by Crippen LogP contribution is 2.23. The summed E-state index contributed by atoms with van der Waals surface area (Å²) in [5, 5.41) is 14.2. The molecule has 110 valence electrons. The summed E-state index contributed by atoms with van der Waals surface area (Å²) in [5.41, 5.74) is 3.29. The van der Waals surface area contributed by atoms with Gasteiger partial charge in [0, 0.05) is 23.9 Å². The van der Waals surface area contributed by atoms with Crippen LogP contribution >= 0.6 is 0 Å². The van der Waals surface area contributed by atoms with Crippen LogP contribution < -0.4 is 5.32 Å². The van der Waals surface area contributed by atoms with E-state index in [-0.39, 0.29) is 16.7 Å².